The quantitative estimate of drug-likeness (QED) is 0.775. The second-order valence-corrected chi connectivity index (χ2v) is 4.01. The third-order valence-corrected chi connectivity index (χ3v) is 2.70. The predicted molar refractivity (Wildman–Crippen MR) is 64.7 cm³/mol. The smallest absolute Gasteiger partial charge is 0.171 e. The molecule has 2 nitrogen and oxygen atoms in total. The minimum atomic E-state index is -0.245. The Labute approximate surface area is 104 Å². The molecular weight excluding hydrogens is 241 g/mol. The van der Waals surface area contributed by atoms with Gasteiger partial charge in [0.15, 0.2) is 10.9 Å². The van der Waals surface area contributed by atoms with Gasteiger partial charge < -0.3 is 4.74 Å². The largest absolute Gasteiger partial charge is 0.486 e. The SMILES string of the molecule is Cc1cc(F)ccc1COc1cccnc1Cl. The van der Waals surface area contributed by atoms with Crippen molar-refractivity contribution in [3.8, 4) is 5.75 Å². The maximum Gasteiger partial charge on any atom is 0.171 e. The van der Waals surface area contributed by atoms with Crippen LogP contribution in [0.1, 0.15) is 11.1 Å². The average molecular weight is 252 g/mol. The highest BCUT2D eigenvalue weighted by Gasteiger charge is 2.04. The van der Waals surface area contributed by atoms with E-state index < -0.39 is 0 Å². The van der Waals surface area contributed by atoms with Crippen molar-refractivity contribution >= 4 is 11.6 Å². The molecule has 0 aliphatic rings. The Kier molecular flexibility index (Phi) is 3.59. The van der Waals surface area contributed by atoms with E-state index in [1.165, 1.54) is 12.1 Å². The molecule has 0 aliphatic carbocycles. The van der Waals surface area contributed by atoms with Gasteiger partial charge in [0.05, 0.1) is 0 Å². The van der Waals surface area contributed by atoms with Gasteiger partial charge in [-0.2, -0.15) is 0 Å². The third kappa shape index (κ3) is 2.94. The van der Waals surface area contributed by atoms with Crippen LogP contribution in [0.2, 0.25) is 5.15 Å². The van der Waals surface area contributed by atoms with Crippen molar-refractivity contribution in [3.05, 3.63) is 58.6 Å². The van der Waals surface area contributed by atoms with Crippen LogP contribution in [0.25, 0.3) is 0 Å². The predicted octanol–water partition coefficient (Wildman–Crippen LogP) is 3.76. The standard InChI is InChI=1S/C13H11ClFNO/c1-9-7-11(15)5-4-10(9)8-17-12-3-2-6-16-13(12)14/h2-7H,8H2,1H3. The number of benzene rings is 1. The van der Waals surface area contributed by atoms with Gasteiger partial charge in [0.25, 0.3) is 0 Å². The van der Waals surface area contributed by atoms with E-state index >= 15 is 0 Å². The van der Waals surface area contributed by atoms with Crippen LogP contribution in [0.15, 0.2) is 36.5 Å². The molecule has 88 valence electrons. The van der Waals surface area contributed by atoms with Crippen molar-refractivity contribution in [3.63, 3.8) is 0 Å². The van der Waals surface area contributed by atoms with E-state index in [1.807, 2.05) is 6.92 Å². The summed E-state index contributed by atoms with van der Waals surface area (Å²) in [6.07, 6.45) is 1.60. The molecule has 0 bridgehead atoms. The van der Waals surface area contributed by atoms with Crippen LogP contribution in [0, 0.1) is 12.7 Å². The summed E-state index contributed by atoms with van der Waals surface area (Å²) in [7, 11) is 0. The topological polar surface area (TPSA) is 22.1 Å². The zero-order valence-electron chi connectivity index (χ0n) is 9.28. The van der Waals surface area contributed by atoms with Crippen molar-refractivity contribution in [2.45, 2.75) is 13.5 Å². The van der Waals surface area contributed by atoms with Crippen molar-refractivity contribution < 1.29 is 9.13 Å². The molecule has 0 saturated carbocycles. The highest BCUT2D eigenvalue weighted by Crippen LogP contribution is 2.22. The fraction of sp³-hybridized carbons (Fsp3) is 0.154. The first kappa shape index (κ1) is 11.9. The average Bonchev–Trinajstić information content (AvgIpc) is 2.30. The van der Waals surface area contributed by atoms with E-state index in [0.29, 0.717) is 17.5 Å². The summed E-state index contributed by atoms with van der Waals surface area (Å²) in [4.78, 5) is 3.91. The van der Waals surface area contributed by atoms with Gasteiger partial charge in [0, 0.05) is 6.20 Å². The Morgan fingerprint density at radius 2 is 2.18 bits per heavy atom. The molecule has 0 fully saturated rings. The highest BCUT2D eigenvalue weighted by atomic mass is 35.5. The Bertz CT molecular complexity index is 531. The lowest BCUT2D eigenvalue weighted by atomic mass is 10.1. The number of pyridine rings is 1. The van der Waals surface area contributed by atoms with E-state index in [2.05, 4.69) is 4.98 Å². The normalized spacial score (nSPS) is 10.3. The second-order valence-electron chi connectivity index (χ2n) is 3.65. The van der Waals surface area contributed by atoms with Crippen LogP contribution >= 0.6 is 11.6 Å². The highest BCUT2D eigenvalue weighted by molar-refractivity contribution is 6.30. The van der Waals surface area contributed by atoms with E-state index in [1.54, 1.807) is 24.4 Å². The number of rotatable bonds is 3. The van der Waals surface area contributed by atoms with Gasteiger partial charge in [-0.1, -0.05) is 17.7 Å². The molecule has 1 aromatic heterocycles. The van der Waals surface area contributed by atoms with Crippen LogP contribution in [-0.2, 0) is 6.61 Å². The van der Waals surface area contributed by atoms with Crippen LogP contribution in [0.5, 0.6) is 5.75 Å². The first-order valence-corrected chi connectivity index (χ1v) is 5.53. The van der Waals surface area contributed by atoms with E-state index in [0.717, 1.165) is 11.1 Å². The number of aromatic nitrogens is 1. The maximum atomic E-state index is 12.9. The zero-order valence-corrected chi connectivity index (χ0v) is 10.0. The molecule has 2 rings (SSSR count). The number of hydrogen-bond acceptors (Lipinski definition) is 2. The van der Waals surface area contributed by atoms with E-state index in [4.69, 9.17) is 16.3 Å². The summed E-state index contributed by atoms with van der Waals surface area (Å²) in [5.74, 6) is 0.281. The first-order valence-electron chi connectivity index (χ1n) is 5.15. The Balaban J connectivity index is 2.10. The van der Waals surface area contributed by atoms with Crippen molar-refractivity contribution in [2.24, 2.45) is 0 Å². The molecule has 0 spiro atoms. The van der Waals surface area contributed by atoms with Crippen LogP contribution in [-0.4, -0.2) is 4.98 Å². The van der Waals surface area contributed by atoms with Crippen molar-refractivity contribution in [1.82, 2.24) is 4.98 Å². The van der Waals surface area contributed by atoms with Crippen LogP contribution in [0.4, 0.5) is 4.39 Å². The number of halogens is 2. The second kappa shape index (κ2) is 5.15. The molecule has 1 heterocycles. The summed E-state index contributed by atoms with van der Waals surface area (Å²) in [5, 5.41) is 0.326. The van der Waals surface area contributed by atoms with Gasteiger partial charge in [0.1, 0.15) is 12.4 Å². The number of hydrogen-bond donors (Lipinski definition) is 0. The van der Waals surface area contributed by atoms with Crippen molar-refractivity contribution in [1.29, 1.82) is 0 Å². The summed E-state index contributed by atoms with van der Waals surface area (Å²) >= 11 is 5.86. The van der Waals surface area contributed by atoms with Crippen LogP contribution in [0.3, 0.4) is 0 Å². The number of aryl methyl sites for hydroxylation is 1. The molecule has 4 heteroatoms. The van der Waals surface area contributed by atoms with Gasteiger partial charge in [-0.05, 0) is 42.3 Å². The minimum Gasteiger partial charge on any atom is -0.486 e. The van der Waals surface area contributed by atoms with Crippen LogP contribution < -0.4 is 4.74 Å². The molecule has 0 N–H and O–H groups in total. The van der Waals surface area contributed by atoms with Crippen molar-refractivity contribution in [2.75, 3.05) is 0 Å². The van der Waals surface area contributed by atoms with Gasteiger partial charge in [-0.15, -0.1) is 0 Å². The molecular formula is C13H11ClFNO. The lowest BCUT2D eigenvalue weighted by Gasteiger charge is -2.09. The Morgan fingerprint density at radius 3 is 2.88 bits per heavy atom. The van der Waals surface area contributed by atoms with E-state index in [-0.39, 0.29) is 5.82 Å². The summed E-state index contributed by atoms with van der Waals surface area (Å²) in [6, 6.07) is 8.09. The molecule has 0 aliphatic heterocycles. The van der Waals surface area contributed by atoms with E-state index in [9.17, 15) is 4.39 Å². The maximum absolute atomic E-state index is 12.9. The fourth-order valence-corrected chi connectivity index (χ4v) is 1.63. The summed E-state index contributed by atoms with van der Waals surface area (Å²) in [6.45, 7) is 2.18. The molecule has 0 radical (unpaired) electrons. The number of nitrogens with zero attached hydrogens (tertiary/aromatic N) is 1. The molecule has 2 aromatic rings. The summed E-state index contributed by atoms with van der Waals surface area (Å²) in [5.41, 5.74) is 1.77. The fourth-order valence-electron chi connectivity index (χ4n) is 1.46. The first-order chi connectivity index (χ1) is 8.16. The third-order valence-electron chi connectivity index (χ3n) is 2.41. The lowest BCUT2D eigenvalue weighted by molar-refractivity contribution is 0.304. The zero-order chi connectivity index (χ0) is 12.3. The molecule has 17 heavy (non-hydrogen) atoms. The minimum absolute atomic E-state index is 0.245. The Morgan fingerprint density at radius 1 is 1.35 bits per heavy atom. The van der Waals surface area contributed by atoms with Gasteiger partial charge >= 0.3 is 0 Å². The molecule has 0 atom stereocenters. The molecule has 0 amide bonds. The lowest BCUT2D eigenvalue weighted by Crippen LogP contribution is -1.99. The Hall–Kier alpha value is -1.61. The van der Waals surface area contributed by atoms with Gasteiger partial charge in [-0.3, -0.25) is 0 Å². The molecule has 1 aromatic carbocycles. The molecule has 0 saturated heterocycles. The molecule has 0 unspecified atom stereocenters. The summed E-state index contributed by atoms with van der Waals surface area (Å²) < 4.78 is 18.4. The van der Waals surface area contributed by atoms with Gasteiger partial charge in [0.2, 0.25) is 0 Å². The monoisotopic (exact) mass is 251 g/mol. The van der Waals surface area contributed by atoms with Gasteiger partial charge in [-0.25, -0.2) is 9.37 Å². The number of ether oxygens (including phenoxy) is 1.